The molecule has 0 aliphatic rings. The second-order valence-corrected chi connectivity index (χ2v) is 3.20. The summed E-state index contributed by atoms with van der Waals surface area (Å²) in [5.41, 5.74) is 0.267. The van der Waals surface area contributed by atoms with E-state index in [1.807, 2.05) is 0 Å². The van der Waals surface area contributed by atoms with Crippen LogP contribution in [0.15, 0.2) is 28.1 Å². The van der Waals surface area contributed by atoms with Gasteiger partial charge in [0, 0.05) is 11.0 Å². The van der Waals surface area contributed by atoms with E-state index in [0.29, 0.717) is 11.0 Å². The molecule has 1 aromatic rings. The lowest BCUT2D eigenvalue weighted by Crippen LogP contribution is -2.24. The lowest BCUT2D eigenvalue weighted by Gasteiger charge is -1.98. The summed E-state index contributed by atoms with van der Waals surface area (Å²) in [6, 6.07) is 0. The van der Waals surface area contributed by atoms with Gasteiger partial charge in [-0.1, -0.05) is 22.5 Å². The van der Waals surface area contributed by atoms with Crippen molar-refractivity contribution in [1.29, 1.82) is 0 Å². The third kappa shape index (κ3) is 2.50. The van der Waals surface area contributed by atoms with Gasteiger partial charge in [0.15, 0.2) is 12.1 Å². The Kier molecular flexibility index (Phi) is 3.04. The van der Waals surface area contributed by atoms with Crippen molar-refractivity contribution in [2.45, 2.75) is 0 Å². The highest BCUT2D eigenvalue weighted by molar-refractivity contribution is 9.11. The molecule has 0 fully saturated rings. The Morgan fingerprint density at radius 2 is 2.58 bits per heavy atom. The van der Waals surface area contributed by atoms with Crippen molar-refractivity contribution in [2.24, 2.45) is 0 Å². The highest BCUT2D eigenvalue weighted by Crippen LogP contribution is 1.98. The molecule has 0 unspecified atom stereocenters. The van der Waals surface area contributed by atoms with Gasteiger partial charge in [-0.05, 0) is 0 Å². The highest BCUT2D eigenvalue weighted by atomic mass is 79.9. The maximum atomic E-state index is 11.1. The van der Waals surface area contributed by atoms with Crippen molar-refractivity contribution in [3.8, 4) is 0 Å². The van der Waals surface area contributed by atoms with Gasteiger partial charge in [-0.2, -0.15) is 0 Å². The van der Waals surface area contributed by atoms with Gasteiger partial charge in [-0.3, -0.25) is 4.79 Å². The van der Waals surface area contributed by atoms with Crippen LogP contribution in [-0.2, 0) is 0 Å². The molecule has 1 N–H and O–H groups in total. The quantitative estimate of drug-likeness (QED) is 0.853. The number of hydrogen-bond donors (Lipinski definition) is 1. The number of carbonyl (C=O) groups excluding carboxylic acids is 1. The van der Waals surface area contributed by atoms with E-state index < -0.39 is 0 Å². The molecule has 5 heteroatoms. The molecule has 0 aliphatic carbocycles. The standard InChI is InChI=1S/C7H7BrN2O2/c1-5(8)2-9-7(11)6-3-12-4-10-6/h3-4H,1-2H2,(H,9,11). The van der Waals surface area contributed by atoms with Crippen LogP contribution in [0.1, 0.15) is 10.5 Å². The second-order valence-electron chi connectivity index (χ2n) is 2.07. The molecule has 1 heterocycles. The van der Waals surface area contributed by atoms with Crippen molar-refractivity contribution in [3.63, 3.8) is 0 Å². The van der Waals surface area contributed by atoms with Crippen LogP contribution < -0.4 is 5.32 Å². The number of amides is 1. The smallest absolute Gasteiger partial charge is 0.273 e. The summed E-state index contributed by atoms with van der Waals surface area (Å²) in [6.45, 7) is 3.95. The molecule has 0 radical (unpaired) electrons. The molecule has 1 amide bonds. The van der Waals surface area contributed by atoms with Crippen molar-refractivity contribution in [3.05, 3.63) is 29.4 Å². The molecule has 0 saturated carbocycles. The minimum Gasteiger partial charge on any atom is -0.451 e. The number of rotatable bonds is 3. The zero-order valence-electron chi connectivity index (χ0n) is 6.21. The number of halogens is 1. The van der Waals surface area contributed by atoms with E-state index in [0.717, 1.165) is 0 Å². The summed E-state index contributed by atoms with van der Waals surface area (Å²) < 4.78 is 5.34. The van der Waals surface area contributed by atoms with Crippen molar-refractivity contribution in [2.75, 3.05) is 6.54 Å². The van der Waals surface area contributed by atoms with Crippen molar-refractivity contribution in [1.82, 2.24) is 10.3 Å². The first-order valence-corrected chi connectivity index (χ1v) is 3.99. The van der Waals surface area contributed by atoms with Gasteiger partial charge in [0.2, 0.25) is 0 Å². The molecule has 0 atom stereocenters. The Bertz CT molecular complexity index is 282. The molecule has 0 aromatic carbocycles. The molecule has 64 valence electrons. The normalized spacial score (nSPS) is 9.42. The first kappa shape index (κ1) is 8.99. The first-order valence-electron chi connectivity index (χ1n) is 3.20. The monoisotopic (exact) mass is 230 g/mol. The summed E-state index contributed by atoms with van der Waals surface area (Å²) in [7, 11) is 0. The van der Waals surface area contributed by atoms with E-state index in [9.17, 15) is 4.79 Å². The van der Waals surface area contributed by atoms with E-state index in [1.165, 1.54) is 12.7 Å². The number of nitrogens with one attached hydrogen (secondary N) is 1. The first-order chi connectivity index (χ1) is 5.70. The Labute approximate surface area is 77.8 Å². The molecule has 1 aromatic heterocycles. The van der Waals surface area contributed by atoms with Gasteiger partial charge in [0.1, 0.15) is 6.26 Å². The number of nitrogens with zero attached hydrogens (tertiary/aromatic N) is 1. The largest absolute Gasteiger partial charge is 0.451 e. The minimum absolute atomic E-state index is 0.267. The Morgan fingerprint density at radius 3 is 3.08 bits per heavy atom. The van der Waals surface area contributed by atoms with Gasteiger partial charge < -0.3 is 9.73 Å². The predicted octanol–water partition coefficient (Wildman–Crippen LogP) is 1.31. The third-order valence-electron chi connectivity index (χ3n) is 1.11. The van der Waals surface area contributed by atoms with Crippen LogP contribution in [0.2, 0.25) is 0 Å². The van der Waals surface area contributed by atoms with Gasteiger partial charge in [0.25, 0.3) is 5.91 Å². The summed E-state index contributed by atoms with van der Waals surface area (Å²) in [4.78, 5) is 14.8. The number of oxazole rings is 1. The third-order valence-corrected chi connectivity index (χ3v) is 1.39. The fraction of sp³-hybridized carbons (Fsp3) is 0.143. The maximum Gasteiger partial charge on any atom is 0.273 e. The molecule has 12 heavy (non-hydrogen) atoms. The summed E-state index contributed by atoms with van der Waals surface area (Å²) in [6.07, 6.45) is 2.49. The van der Waals surface area contributed by atoms with E-state index in [1.54, 1.807) is 0 Å². The number of hydrogen-bond acceptors (Lipinski definition) is 3. The molecular formula is C7H7BrN2O2. The van der Waals surface area contributed by atoms with Gasteiger partial charge >= 0.3 is 0 Å². The molecule has 0 spiro atoms. The van der Waals surface area contributed by atoms with E-state index in [4.69, 9.17) is 0 Å². The van der Waals surface area contributed by atoms with Crippen LogP contribution in [0.5, 0.6) is 0 Å². The molecule has 0 saturated heterocycles. The minimum atomic E-state index is -0.274. The summed E-state index contributed by atoms with van der Waals surface area (Å²) in [5, 5.41) is 2.58. The molecule has 4 nitrogen and oxygen atoms in total. The molecule has 0 aliphatic heterocycles. The molecule has 0 bridgehead atoms. The Balaban J connectivity index is 2.45. The number of aromatic nitrogens is 1. The van der Waals surface area contributed by atoms with Crippen molar-refractivity contribution >= 4 is 21.8 Å². The lowest BCUT2D eigenvalue weighted by molar-refractivity contribution is 0.0953. The number of carbonyl (C=O) groups is 1. The Hall–Kier alpha value is -1.10. The van der Waals surface area contributed by atoms with Crippen LogP contribution >= 0.6 is 15.9 Å². The van der Waals surface area contributed by atoms with E-state index >= 15 is 0 Å². The van der Waals surface area contributed by atoms with Crippen LogP contribution in [0.3, 0.4) is 0 Å². The maximum absolute atomic E-state index is 11.1. The Morgan fingerprint density at radius 1 is 1.83 bits per heavy atom. The zero-order chi connectivity index (χ0) is 8.97. The summed E-state index contributed by atoms with van der Waals surface area (Å²) >= 11 is 3.11. The van der Waals surface area contributed by atoms with Crippen LogP contribution in [0, 0.1) is 0 Å². The zero-order valence-corrected chi connectivity index (χ0v) is 7.80. The fourth-order valence-electron chi connectivity index (χ4n) is 0.591. The fourth-order valence-corrected chi connectivity index (χ4v) is 0.732. The van der Waals surface area contributed by atoms with Gasteiger partial charge in [0.05, 0.1) is 0 Å². The van der Waals surface area contributed by atoms with Gasteiger partial charge in [-0.25, -0.2) is 4.98 Å². The van der Waals surface area contributed by atoms with E-state index in [-0.39, 0.29) is 11.6 Å². The molecule has 1 rings (SSSR count). The van der Waals surface area contributed by atoms with Crippen LogP contribution in [0.25, 0.3) is 0 Å². The van der Waals surface area contributed by atoms with E-state index in [2.05, 4.69) is 37.2 Å². The lowest BCUT2D eigenvalue weighted by atomic mass is 10.4. The van der Waals surface area contributed by atoms with Crippen molar-refractivity contribution < 1.29 is 9.21 Å². The highest BCUT2D eigenvalue weighted by Gasteiger charge is 2.06. The van der Waals surface area contributed by atoms with Crippen LogP contribution in [0.4, 0.5) is 0 Å². The topological polar surface area (TPSA) is 55.1 Å². The average Bonchev–Trinajstić information content (AvgIpc) is 2.51. The SMILES string of the molecule is C=C(Br)CNC(=O)c1cocn1. The molecular weight excluding hydrogens is 224 g/mol. The summed E-state index contributed by atoms with van der Waals surface area (Å²) in [5.74, 6) is -0.274. The van der Waals surface area contributed by atoms with Crippen LogP contribution in [-0.4, -0.2) is 17.4 Å². The second kappa shape index (κ2) is 4.06. The average molecular weight is 231 g/mol. The van der Waals surface area contributed by atoms with Gasteiger partial charge in [-0.15, -0.1) is 0 Å². The predicted molar refractivity (Wildman–Crippen MR) is 46.9 cm³/mol.